The van der Waals surface area contributed by atoms with Crippen LogP contribution in [0, 0.1) is 5.92 Å². The van der Waals surface area contributed by atoms with Crippen molar-refractivity contribution in [1.82, 2.24) is 9.88 Å². The highest BCUT2D eigenvalue weighted by Gasteiger charge is 2.17. The molecule has 0 unspecified atom stereocenters. The van der Waals surface area contributed by atoms with Gasteiger partial charge in [0.15, 0.2) is 0 Å². The Kier molecular flexibility index (Phi) is 7.62. The molecule has 0 N–H and O–H groups in total. The molecule has 0 radical (unpaired) electrons. The van der Waals surface area contributed by atoms with E-state index in [0.717, 1.165) is 23.3 Å². The lowest BCUT2D eigenvalue weighted by Crippen LogP contribution is -2.33. The Morgan fingerprint density at radius 3 is 2.39 bits per heavy atom. The number of hydrogen-bond acceptors (Lipinski definition) is 4. The van der Waals surface area contributed by atoms with Crippen LogP contribution in [0.4, 0.5) is 4.79 Å². The van der Waals surface area contributed by atoms with Crippen LogP contribution in [0.15, 0.2) is 72.4 Å². The van der Waals surface area contributed by atoms with Crippen LogP contribution in [-0.2, 0) is 24.3 Å². The second kappa shape index (κ2) is 10.6. The van der Waals surface area contributed by atoms with Crippen LogP contribution in [0.5, 0.6) is 0 Å². The van der Waals surface area contributed by atoms with Crippen molar-refractivity contribution in [2.45, 2.75) is 32.9 Å². The maximum atomic E-state index is 12.7. The molecule has 0 saturated heterocycles. The van der Waals surface area contributed by atoms with Gasteiger partial charge in [-0.25, -0.2) is 4.79 Å². The maximum absolute atomic E-state index is 12.7. The van der Waals surface area contributed by atoms with Crippen molar-refractivity contribution in [1.29, 1.82) is 0 Å². The molecule has 0 aliphatic heterocycles. The molecule has 146 valence electrons. The number of ether oxygens (including phenoxy) is 1. The van der Waals surface area contributed by atoms with E-state index in [2.05, 4.69) is 36.2 Å². The predicted molar refractivity (Wildman–Crippen MR) is 113 cm³/mol. The van der Waals surface area contributed by atoms with Crippen LogP contribution in [0.1, 0.15) is 29.3 Å². The van der Waals surface area contributed by atoms with Gasteiger partial charge >= 0.3 is 6.09 Å². The number of carbonyl (C=O) groups excluding carboxylic acids is 1. The Bertz CT molecular complexity index is 822. The Labute approximate surface area is 170 Å². The zero-order valence-corrected chi connectivity index (χ0v) is 17.0. The van der Waals surface area contributed by atoms with Crippen LogP contribution in [-0.4, -0.2) is 22.5 Å². The summed E-state index contributed by atoms with van der Waals surface area (Å²) in [4.78, 5) is 19.5. The predicted octanol–water partition coefficient (Wildman–Crippen LogP) is 5.55. The molecule has 0 saturated carbocycles. The molecule has 1 aromatic heterocycles. The summed E-state index contributed by atoms with van der Waals surface area (Å²) in [6.45, 7) is 3.73. The first kappa shape index (κ1) is 20.1. The lowest BCUT2D eigenvalue weighted by molar-refractivity contribution is 0.0924. The van der Waals surface area contributed by atoms with Gasteiger partial charge in [0.05, 0.1) is 10.4 Å². The largest absolute Gasteiger partial charge is 0.444 e. The Morgan fingerprint density at radius 2 is 1.75 bits per heavy atom. The van der Waals surface area contributed by atoms with Crippen molar-refractivity contribution < 1.29 is 9.53 Å². The summed E-state index contributed by atoms with van der Waals surface area (Å²) in [7, 11) is 0. The fourth-order valence-corrected chi connectivity index (χ4v) is 3.58. The molecule has 5 heteroatoms. The minimum absolute atomic E-state index is 0.272. The van der Waals surface area contributed by atoms with E-state index in [-0.39, 0.29) is 12.7 Å². The van der Waals surface area contributed by atoms with E-state index in [0.29, 0.717) is 19.0 Å². The van der Waals surface area contributed by atoms with Gasteiger partial charge < -0.3 is 9.64 Å². The van der Waals surface area contributed by atoms with E-state index in [1.54, 1.807) is 16.6 Å². The summed E-state index contributed by atoms with van der Waals surface area (Å²) < 4.78 is 5.53. The number of aromatic nitrogens is 1. The Balaban J connectivity index is 1.57. The SMILES string of the molecule is C[C@H](CCN(Cc1ccccc1)C(=O)OCc1cncs1)Cc1ccccc1. The van der Waals surface area contributed by atoms with Gasteiger partial charge in [0.2, 0.25) is 0 Å². The lowest BCUT2D eigenvalue weighted by atomic mass is 9.98. The van der Waals surface area contributed by atoms with Gasteiger partial charge in [0.25, 0.3) is 0 Å². The van der Waals surface area contributed by atoms with Gasteiger partial charge in [-0.3, -0.25) is 4.98 Å². The van der Waals surface area contributed by atoms with Crippen LogP contribution >= 0.6 is 11.3 Å². The highest BCUT2D eigenvalue weighted by Crippen LogP contribution is 2.15. The quantitative estimate of drug-likeness (QED) is 0.478. The minimum atomic E-state index is -0.274. The first-order valence-corrected chi connectivity index (χ1v) is 10.5. The molecule has 0 aliphatic carbocycles. The molecule has 1 amide bonds. The van der Waals surface area contributed by atoms with E-state index in [1.807, 2.05) is 36.4 Å². The number of benzene rings is 2. The molecule has 3 aromatic rings. The minimum Gasteiger partial charge on any atom is -0.444 e. The maximum Gasteiger partial charge on any atom is 0.410 e. The van der Waals surface area contributed by atoms with E-state index >= 15 is 0 Å². The van der Waals surface area contributed by atoms with E-state index in [4.69, 9.17) is 4.74 Å². The first-order chi connectivity index (χ1) is 13.7. The van der Waals surface area contributed by atoms with Gasteiger partial charge in [-0.1, -0.05) is 67.6 Å². The van der Waals surface area contributed by atoms with Crippen molar-refractivity contribution in [2.24, 2.45) is 5.92 Å². The molecule has 1 heterocycles. The zero-order chi connectivity index (χ0) is 19.6. The summed E-state index contributed by atoms with van der Waals surface area (Å²) in [6.07, 6.45) is 3.40. The summed E-state index contributed by atoms with van der Waals surface area (Å²) >= 11 is 1.49. The summed E-state index contributed by atoms with van der Waals surface area (Å²) in [6, 6.07) is 20.5. The third-order valence-corrected chi connectivity index (χ3v) is 5.37. The highest BCUT2D eigenvalue weighted by atomic mass is 32.1. The number of carbonyl (C=O) groups is 1. The number of amides is 1. The Hall–Kier alpha value is -2.66. The number of rotatable bonds is 9. The molecule has 0 spiro atoms. The molecule has 2 aromatic carbocycles. The van der Waals surface area contributed by atoms with E-state index in [1.165, 1.54) is 16.9 Å². The van der Waals surface area contributed by atoms with Gasteiger partial charge in [-0.15, -0.1) is 11.3 Å². The van der Waals surface area contributed by atoms with Crippen molar-refractivity contribution in [2.75, 3.05) is 6.54 Å². The van der Waals surface area contributed by atoms with Crippen LogP contribution in [0.25, 0.3) is 0 Å². The number of nitrogens with zero attached hydrogens (tertiary/aromatic N) is 2. The number of thiazole rings is 1. The molecular weight excluding hydrogens is 368 g/mol. The zero-order valence-electron chi connectivity index (χ0n) is 16.2. The smallest absolute Gasteiger partial charge is 0.410 e. The van der Waals surface area contributed by atoms with E-state index < -0.39 is 0 Å². The normalized spacial score (nSPS) is 11.8. The average molecular weight is 395 g/mol. The van der Waals surface area contributed by atoms with Crippen molar-refractivity contribution in [3.05, 3.63) is 88.4 Å². The Morgan fingerprint density at radius 1 is 1.07 bits per heavy atom. The lowest BCUT2D eigenvalue weighted by Gasteiger charge is -2.24. The molecule has 0 fully saturated rings. The first-order valence-electron chi connectivity index (χ1n) is 9.57. The molecule has 3 rings (SSSR count). The molecule has 4 nitrogen and oxygen atoms in total. The topological polar surface area (TPSA) is 42.4 Å². The third kappa shape index (κ3) is 6.50. The second-order valence-corrected chi connectivity index (χ2v) is 7.98. The van der Waals surface area contributed by atoms with Gasteiger partial charge in [-0.05, 0) is 29.9 Å². The number of hydrogen-bond donors (Lipinski definition) is 0. The van der Waals surface area contributed by atoms with Crippen LogP contribution < -0.4 is 0 Å². The summed E-state index contributed by atoms with van der Waals surface area (Å²) in [5, 5.41) is 0. The van der Waals surface area contributed by atoms with Gasteiger partial charge in [0.1, 0.15) is 6.61 Å². The van der Waals surface area contributed by atoms with Crippen molar-refractivity contribution >= 4 is 17.4 Å². The average Bonchev–Trinajstić information content (AvgIpc) is 3.24. The highest BCUT2D eigenvalue weighted by molar-refractivity contribution is 7.09. The van der Waals surface area contributed by atoms with Crippen LogP contribution in [0.2, 0.25) is 0 Å². The summed E-state index contributed by atoms with van der Waals surface area (Å²) in [5.41, 5.74) is 4.18. The van der Waals surface area contributed by atoms with E-state index in [9.17, 15) is 4.79 Å². The molecule has 1 atom stereocenters. The molecule has 0 bridgehead atoms. The third-order valence-electron chi connectivity index (χ3n) is 4.61. The fourth-order valence-electron chi connectivity index (χ4n) is 3.07. The van der Waals surface area contributed by atoms with Gasteiger partial charge in [-0.2, -0.15) is 0 Å². The van der Waals surface area contributed by atoms with Crippen molar-refractivity contribution in [3.63, 3.8) is 0 Å². The molecule has 28 heavy (non-hydrogen) atoms. The second-order valence-electron chi connectivity index (χ2n) is 7.01. The molecule has 0 aliphatic rings. The molecular formula is C23H26N2O2S. The monoisotopic (exact) mass is 394 g/mol. The fraction of sp³-hybridized carbons (Fsp3) is 0.304. The van der Waals surface area contributed by atoms with Crippen molar-refractivity contribution in [3.8, 4) is 0 Å². The van der Waals surface area contributed by atoms with Gasteiger partial charge in [0, 0.05) is 19.3 Å². The summed E-state index contributed by atoms with van der Waals surface area (Å²) in [5.74, 6) is 0.481. The standard InChI is InChI=1S/C23H26N2O2S/c1-19(14-20-8-4-2-5-9-20)12-13-25(16-21-10-6-3-7-11-21)23(26)27-17-22-15-24-18-28-22/h2-11,15,18-19H,12-14,16-17H2,1H3/t19-/m1/s1. The van der Waals surface area contributed by atoms with Crippen LogP contribution in [0.3, 0.4) is 0 Å².